The summed E-state index contributed by atoms with van der Waals surface area (Å²) >= 11 is 0. The molecule has 0 bridgehead atoms. The molecule has 0 aliphatic rings. The van der Waals surface area contributed by atoms with Crippen molar-refractivity contribution in [3.63, 3.8) is 0 Å². The van der Waals surface area contributed by atoms with Crippen molar-refractivity contribution in [1.82, 2.24) is 4.90 Å². The Labute approximate surface area is 105 Å². The lowest BCUT2D eigenvalue weighted by Crippen LogP contribution is -2.31. The normalized spacial score (nSPS) is 10.2. The molecule has 0 N–H and O–H groups in total. The maximum Gasteiger partial charge on any atom is 0.289 e. The van der Waals surface area contributed by atoms with Gasteiger partial charge in [0.2, 0.25) is 0 Å². The van der Waals surface area contributed by atoms with Crippen molar-refractivity contribution in [3.8, 4) is 6.07 Å². The van der Waals surface area contributed by atoms with E-state index in [1.807, 2.05) is 37.3 Å². The zero-order chi connectivity index (χ0) is 13.0. The van der Waals surface area contributed by atoms with Crippen molar-refractivity contribution in [2.24, 2.45) is 0 Å². The average Bonchev–Trinajstić information content (AvgIpc) is 2.83. The fourth-order valence-electron chi connectivity index (χ4n) is 1.83. The van der Waals surface area contributed by atoms with Crippen LogP contribution in [0.25, 0.3) is 11.0 Å². The van der Waals surface area contributed by atoms with Gasteiger partial charge >= 0.3 is 0 Å². The van der Waals surface area contributed by atoms with Crippen LogP contribution in [0.3, 0.4) is 0 Å². The highest BCUT2D eigenvalue weighted by Crippen LogP contribution is 2.20. The van der Waals surface area contributed by atoms with E-state index in [2.05, 4.69) is 0 Å². The summed E-state index contributed by atoms with van der Waals surface area (Å²) in [6, 6.07) is 11.3. The smallest absolute Gasteiger partial charge is 0.289 e. The number of benzene rings is 1. The molecule has 0 fully saturated rings. The minimum absolute atomic E-state index is 0.163. The number of hydrogen-bond donors (Lipinski definition) is 0. The van der Waals surface area contributed by atoms with Crippen LogP contribution in [-0.2, 0) is 0 Å². The van der Waals surface area contributed by atoms with Crippen molar-refractivity contribution in [3.05, 3.63) is 36.1 Å². The highest BCUT2D eigenvalue weighted by molar-refractivity contribution is 5.96. The predicted octanol–water partition coefficient (Wildman–Crippen LogP) is 2.81. The van der Waals surface area contributed by atoms with Gasteiger partial charge < -0.3 is 9.32 Å². The Balaban J connectivity index is 2.24. The summed E-state index contributed by atoms with van der Waals surface area (Å²) in [5.41, 5.74) is 0.706. The largest absolute Gasteiger partial charge is 0.451 e. The SMILES string of the molecule is CCN(CCC#N)C(=O)c1cc2ccccc2o1. The highest BCUT2D eigenvalue weighted by atomic mass is 16.3. The van der Waals surface area contributed by atoms with Gasteiger partial charge in [-0.1, -0.05) is 18.2 Å². The molecule has 0 spiro atoms. The van der Waals surface area contributed by atoms with Crippen molar-refractivity contribution < 1.29 is 9.21 Å². The molecule has 0 aliphatic carbocycles. The van der Waals surface area contributed by atoms with Crippen molar-refractivity contribution >= 4 is 16.9 Å². The Morgan fingerprint density at radius 2 is 2.22 bits per heavy atom. The van der Waals surface area contributed by atoms with E-state index in [0.717, 1.165) is 5.39 Å². The van der Waals surface area contributed by atoms with E-state index in [0.29, 0.717) is 30.9 Å². The van der Waals surface area contributed by atoms with Gasteiger partial charge in [0.15, 0.2) is 5.76 Å². The summed E-state index contributed by atoms with van der Waals surface area (Å²) in [6.07, 6.45) is 0.333. The van der Waals surface area contributed by atoms with Gasteiger partial charge in [-0.15, -0.1) is 0 Å². The summed E-state index contributed by atoms with van der Waals surface area (Å²) in [5.74, 6) is 0.167. The molecule has 0 radical (unpaired) electrons. The van der Waals surface area contributed by atoms with Crippen LogP contribution >= 0.6 is 0 Å². The lowest BCUT2D eigenvalue weighted by atomic mass is 10.2. The second kappa shape index (κ2) is 5.37. The second-order valence-corrected chi connectivity index (χ2v) is 3.94. The molecule has 0 saturated heterocycles. The topological polar surface area (TPSA) is 57.2 Å². The van der Waals surface area contributed by atoms with Crippen LogP contribution in [-0.4, -0.2) is 23.9 Å². The standard InChI is InChI=1S/C14H14N2O2/c1-2-16(9-5-8-15)14(17)13-10-11-6-3-4-7-12(11)18-13/h3-4,6-7,10H,2,5,9H2,1H3. The van der Waals surface area contributed by atoms with E-state index < -0.39 is 0 Å². The number of amides is 1. The number of carbonyl (C=O) groups is 1. The van der Waals surface area contributed by atoms with Gasteiger partial charge in [-0.05, 0) is 19.1 Å². The number of fused-ring (bicyclic) bond motifs is 1. The van der Waals surface area contributed by atoms with E-state index in [-0.39, 0.29) is 5.91 Å². The summed E-state index contributed by atoms with van der Waals surface area (Å²) in [7, 11) is 0. The Kier molecular flexibility index (Phi) is 3.63. The molecule has 1 amide bonds. The first kappa shape index (κ1) is 12.2. The predicted molar refractivity (Wildman–Crippen MR) is 68.0 cm³/mol. The zero-order valence-electron chi connectivity index (χ0n) is 10.2. The molecule has 4 heteroatoms. The van der Waals surface area contributed by atoms with Crippen molar-refractivity contribution in [2.75, 3.05) is 13.1 Å². The molecule has 2 aromatic rings. The van der Waals surface area contributed by atoms with Crippen LogP contribution < -0.4 is 0 Å². The fraction of sp³-hybridized carbons (Fsp3) is 0.286. The fourth-order valence-corrected chi connectivity index (χ4v) is 1.83. The number of para-hydroxylation sites is 1. The van der Waals surface area contributed by atoms with Gasteiger partial charge in [-0.3, -0.25) is 4.79 Å². The molecule has 1 aromatic heterocycles. The Bertz CT molecular complexity index is 562. The van der Waals surface area contributed by atoms with Gasteiger partial charge in [0, 0.05) is 18.5 Å². The third kappa shape index (κ3) is 2.35. The monoisotopic (exact) mass is 242 g/mol. The minimum atomic E-state index is -0.163. The summed E-state index contributed by atoms with van der Waals surface area (Å²) < 4.78 is 5.52. The van der Waals surface area contributed by atoms with Crippen LogP contribution in [0, 0.1) is 11.3 Å². The third-order valence-electron chi connectivity index (χ3n) is 2.80. The van der Waals surface area contributed by atoms with E-state index in [1.54, 1.807) is 11.0 Å². The van der Waals surface area contributed by atoms with Crippen LogP contribution in [0.15, 0.2) is 34.7 Å². The second-order valence-electron chi connectivity index (χ2n) is 3.94. The van der Waals surface area contributed by atoms with E-state index >= 15 is 0 Å². The molecule has 1 heterocycles. The number of hydrogen-bond acceptors (Lipinski definition) is 3. The number of carbonyl (C=O) groups excluding carboxylic acids is 1. The molecule has 0 unspecified atom stereocenters. The molecule has 1 aromatic carbocycles. The third-order valence-corrected chi connectivity index (χ3v) is 2.80. The highest BCUT2D eigenvalue weighted by Gasteiger charge is 2.17. The first-order valence-corrected chi connectivity index (χ1v) is 5.91. The first-order chi connectivity index (χ1) is 8.76. The number of nitriles is 1. The Morgan fingerprint density at radius 1 is 1.44 bits per heavy atom. The van der Waals surface area contributed by atoms with E-state index in [4.69, 9.17) is 9.68 Å². The first-order valence-electron chi connectivity index (χ1n) is 5.91. The zero-order valence-corrected chi connectivity index (χ0v) is 10.2. The lowest BCUT2D eigenvalue weighted by Gasteiger charge is -2.17. The maximum absolute atomic E-state index is 12.2. The molecule has 0 aliphatic heterocycles. The summed E-state index contributed by atoms with van der Waals surface area (Å²) in [4.78, 5) is 13.8. The lowest BCUT2D eigenvalue weighted by molar-refractivity contribution is 0.0738. The van der Waals surface area contributed by atoms with Gasteiger partial charge in [0.05, 0.1) is 12.5 Å². The van der Waals surface area contributed by atoms with Crippen LogP contribution in [0.4, 0.5) is 0 Å². The quantitative estimate of drug-likeness (QED) is 0.828. The molecular formula is C14H14N2O2. The average molecular weight is 242 g/mol. The number of nitrogens with zero attached hydrogens (tertiary/aromatic N) is 2. The minimum Gasteiger partial charge on any atom is -0.451 e. The molecule has 0 atom stereocenters. The molecule has 0 saturated carbocycles. The van der Waals surface area contributed by atoms with Gasteiger partial charge in [0.1, 0.15) is 5.58 Å². The Hall–Kier alpha value is -2.28. The summed E-state index contributed by atoms with van der Waals surface area (Å²) in [6.45, 7) is 2.89. The number of furan rings is 1. The van der Waals surface area contributed by atoms with Crippen LogP contribution in [0.5, 0.6) is 0 Å². The van der Waals surface area contributed by atoms with Crippen molar-refractivity contribution in [1.29, 1.82) is 5.26 Å². The number of rotatable bonds is 4. The van der Waals surface area contributed by atoms with Gasteiger partial charge in [-0.25, -0.2) is 0 Å². The van der Waals surface area contributed by atoms with Crippen molar-refractivity contribution in [2.45, 2.75) is 13.3 Å². The van der Waals surface area contributed by atoms with Crippen LogP contribution in [0.1, 0.15) is 23.9 Å². The van der Waals surface area contributed by atoms with E-state index in [9.17, 15) is 4.79 Å². The van der Waals surface area contributed by atoms with Gasteiger partial charge in [-0.2, -0.15) is 5.26 Å². The molecule has 4 nitrogen and oxygen atoms in total. The molecule has 18 heavy (non-hydrogen) atoms. The molecule has 2 rings (SSSR count). The molecule has 92 valence electrons. The molecular weight excluding hydrogens is 228 g/mol. The van der Waals surface area contributed by atoms with Crippen LogP contribution in [0.2, 0.25) is 0 Å². The maximum atomic E-state index is 12.2. The Morgan fingerprint density at radius 3 is 2.89 bits per heavy atom. The van der Waals surface area contributed by atoms with E-state index in [1.165, 1.54) is 0 Å². The summed E-state index contributed by atoms with van der Waals surface area (Å²) in [5, 5.41) is 9.48. The van der Waals surface area contributed by atoms with Gasteiger partial charge in [0.25, 0.3) is 5.91 Å².